The minimum Gasteiger partial charge on any atom is -0.378 e. The molecule has 2 saturated heterocycles. The second-order valence-electron chi connectivity index (χ2n) is 6.01. The van der Waals surface area contributed by atoms with Crippen LogP contribution in [0, 0.1) is 0 Å². The van der Waals surface area contributed by atoms with E-state index >= 15 is 0 Å². The van der Waals surface area contributed by atoms with Gasteiger partial charge >= 0.3 is 0 Å². The van der Waals surface area contributed by atoms with Crippen LogP contribution in [0.15, 0.2) is 36.7 Å². The predicted molar refractivity (Wildman–Crippen MR) is 93.5 cm³/mol. The van der Waals surface area contributed by atoms with Gasteiger partial charge in [-0.25, -0.2) is 4.98 Å². The first kappa shape index (κ1) is 15.4. The van der Waals surface area contributed by atoms with Crippen molar-refractivity contribution in [1.82, 2.24) is 9.97 Å². The van der Waals surface area contributed by atoms with Crippen LogP contribution in [0.3, 0.4) is 0 Å². The molecule has 0 radical (unpaired) electrons. The number of pyridine rings is 2. The van der Waals surface area contributed by atoms with Gasteiger partial charge in [0.15, 0.2) is 0 Å². The summed E-state index contributed by atoms with van der Waals surface area (Å²) < 4.78 is 11.0. The molecule has 2 aliphatic rings. The average molecular weight is 326 g/mol. The molecule has 6 nitrogen and oxygen atoms in total. The Morgan fingerprint density at radius 2 is 1.38 bits per heavy atom. The molecule has 2 fully saturated rings. The standard InChI is InChI=1S/C18H22N4O2/c1-2-15(14-19-3-1)16-12-17(21-4-8-23-9-5-21)20-18(13-16)22-6-10-24-11-7-22/h1-3,12-14H,4-11H2. The molecule has 24 heavy (non-hydrogen) atoms. The monoisotopic (exact) mass is 326 g/mol. The van der Waals surface area contributed by atoms with Gasteiger partial charge in [0.25, 0.3) is 0 Å². The van der Waals surface area contributed by atoms with Gasteiger partial charge in [-0.3, -0.25) is 4.98 Å². The van der Waals surface area contributed by atoms with E-state index in [1.807, 2.05) is 12.3 Å². The van der Waals surface area contributed by atoms with E-state index in [0.29, 0.717) is 0 Å². The SMILES string of the molecule is c1cncc(-c2cc(N3CCOCC3)nc(N3CCOCC3)c2)c1. The van der Waals surface area contributed by atoms with Gasteiger partial charge in [-0.1, -0.05) is 6.07 Å². The van der Waals surface area contributed by atoms with Crippen LogP contribution in [-0.2, 0) is 9.47 Å². The number of anilines is 2. The Morgan fingerprint density at radius 1 is 0.792 bits per heavy atom. The van der Waals surface area contributed by atoms with Gasteiger partial charge in [0.05, 0.1) is 26.4 Å². The zero-order valence-electron chi connectivity index (χ0n) is 13.7. The number of aromatic nitrogens is 2. The minimum atomic E-state index is 0.756. The Balaban J connectivity index is 1.72. The number of nitrogens with zero attached hydrogens (tertiary/aromatic N) is 4. The molecule has 0 aliphatic carbocycles. The molecular formula is C18H22N4O2. The largest absolute Gasteiger partial charge is 0.378 e. The molecule has 4 heterocycles. The van der Waals surface area contributed by atoms with Gasteiger partial charge in [-0.15, -0.1) is 0 Å². The highest BCUT2D eigenvalue weighted by Gasteiger charge is 2.18. The lowest BCUT2D eigenvalue weighted by atomic mass is 10.1. The van der Waals surface area contributed by atoms with Gasteiger partial charge in [-0.2, -0.15) is 0 Å². The first-order chi connectivity index (χ1) is 11.9. The van der Waals surface area contributed by atoms with E-state index in [2.05, 4.69) is 33.0 Å². The van der Waals surface area contributed by atoms with Crippen molar-refractivity contribution in [2.75, 3.05) is 62.4 Å². The van der Waals surface area contributed by atoms with E-state index in [-0.39, 0.29) is 0 Å². The molecule has 0 unspecified atom stereocenters. The molecule has 0 bridgehead atoms. The lowest BCUT2D eigenvalue weighted by Gasteiger charge is -2.32. The summed E-state index contributed by atoms with van der Waals surface area (Å²) in [5.41, 5.74) is 2.27. The first-order valence-corrected chi connectivity index (χ1v) is 8.48. The van der Waals surface area contributed by atoms with Crippen LogP contribution in [0.2, 0.25) is 0 Å². The Kier molecular flexibility index (Phi) is 4.57. The third kappa shape index (κ3) is 3.34. The normalized spacial score (nSPS) is 18.7. The molecule has 0 spiro atoms. The number of morpholine rings is 2. The Labute approximate surface area is 142 Å². The van der Waals surface area contributed by atoms with Crippen LogP contribution < -0.4 is 9.80 Å². The number of rotatable bonds is 3. The van der Waals surface area contributed by atoms with Crippen LogP contribution in [0.4, 0.5) is 11.6 Å². The zero-order chi connectivity index (χ0) is 16.2. The van der Waals surface area contributed by atoms with E-state index in [1.165, 1.54) is 0 Å². The Bertz CT molecular complexity index is 632. The van der Waals surface area contributed by atoms with E-state index in [9.17, 15) is 0 Å². The molecule has 0 atom stereocenters. The van der Waals surface area contributed by atoms with E-state index in [4.69, 9.17) is 14.5 Å². The van der Waals surface area contributed by atoms with Crippen molar-refractivity contribution in [1.29, 1.82) is 0 Å². The fraction of sp³-hybridized carbons (Fsp3) is 0.444. The molecular weight excluding hydrogens is 304 g/mol. The number of ether oxygens (including phenoxy) is 2. The van der Waals surface area contributed by atoms with Crippen molar-refractivity contribution < 1.29 is 9.47 Å². The smallest absolute Gasteiger partial charge is 0.131 e. The summed E-state index contributed by atoms with van der Waals surface area (Å²) >= 11 is 0. The van der Waals surface area contributed by atoms with Crippen molar-refractivity contribution in [3.8, 4) is 11.1 Å². The second kappa shape index (κ2) is 7.15. The van der Waals surface area contributed by atoms with Crippen molar-refractivity contribution in [3.63, 3.8) is 0 Å². The average Bonchev–Trinajstić information content (AvgIpc) is 2.70. The van der Waals surface area contributed by atoms with E-state index in [1.54, 1.807) is 6.20 Å². The summed E-state index contributed by atoms with van der Waals surface area (Å²) in [4.78, 5) is 13.8. The lowest BCUT2D eigenvalue weighted by Crippen LogP contribution is -2.39. The molecule has 0 amide bonds. The first-order valence-electron chi connectivity index (χ1n) is 8.48. The van der Waals surface area contributed by atoms with Crippen LogP contribution in [0.1, 0.15) is 0 Å². The van der Waals surface area contributed by atoms with E-state index in [0.717, 1.165) is 75.4 Å². The maximum atomic E-state index is 5.48. The number of hydrogen-bond acceptors (Lipinski definition) is 6. The van der Waals surface area contributed by atoms with Crippen LogP contribution in [0.25, 0.3) is 11.1 Å². The fourth-order valence-corrected chi connectivity index (χ4v) is 3.11. The van der Waals surface area contributed by atoms with Crippen molar-refractivity contribution in [2.24, 2.45) is 0 Å². The highest BCUT2D eigenvalue weighted by molar-refractivity contribution is 5.70. The quantitative estimate of drug-likeness (QED) is 0.857. The Hall–Kier alpha value is -2.18. The zero-order valence-corrected chi connectivity index (χ0v) is 13.7. The summed E-state index contributed by atoms with van der Waals surface area (Å²) in [6.07, 6.45) is 3.71. The molecule has 0 aromatic carbocycles. The fourth-order valence-electron chi connectivity index (χ4n) is 3.11. The van der Waals surface area contributed by atoms with Crippen LogP contribution >= 0.6 is 0 Å². The van der Waals surface area contributed by atoms with Crippen LogP contribution in [-0.4, -0.2) is 62.6 Å². The maximum absolute atomic E-state index is 5.48. The molecule has 6 heteroatoms. The summed E-state index contributed by atoms with van der Waals surface area (Å²) in [5, 5.41) is 0. The lowest BCUT2D eigenvalue weighted by molar-refractivity contribution is 0.121. The van der Waals surface area contributed by atoms with Crippen LogP contribution in [0.5, 0.6) is 0 Å². The molecule has 4 rings (SSSR count). The van der Waals surface area contributed by atoms with Gasteiger partial charge in [0, 0.05) is 44.1 Å². The van der Waals surface area contributed by atoms with Crippen molar-refractivity contribution in [3.05, 3.63) is 36.7 Å². The molecule has 0 saturated carbocycles. The minimum absolute atomic E-state index is 0.756. The molecule has 2 aromatic heterocycles. The highest BCUT2D eigenvalue weighted by atomic mass is 16.5. The highest BCUT2D eigenvalue weighted by Crippen LogP contribution is 2.28. The second-order valence-corrected chi connectivity index (χ2v) is 6.01. The van der Waals surface area contributed by atoms with Crippen molar-refractivity contribution >= 4 is 11.6 Å². The summed E-state index contributed by atoms with van der Waals surface area (Å²) in [6.45, 7) is 6.55. The third-order valence-electron chi connectivity index (χ3n) is 4.46. The molecule has 2 aromatic rings. The predicted octanol–water partition coefficient (Wildman–Crippen LogP) is 1.82. The topological polar surface area (TPSA) is 50.7 Å². The Morgan fingerprint density at radius 3 is 1.88 bits per heavy atom. The molecule has 2 aliphatic heterocycles. The van der Waals surface area contributed by atoms with E-state index < -0.39 is 0 Å². The molecule has 0 N–H and O–H groups in total. The number of hydrogen-bond donors (Lipinski definition) is 0. The van der Waals surface area contributed by atoms with Gasteiger partial charge < -0.3 is 19.3 Å². The summed E-state index contributed by atoms with van der Waals surface area (Å²) in [7, 11) is 0. The van der Waals surface area contributed by atoms with Gasteiger partial charge in [0.2, 0.25) is 0 Å². The summed E-state index contributed by atoms with van der Waals surface area (Å²) in [6, 6.07) is 8.38. The van der Waals surface area contributed by atoms with Gasteiger partial charge in [0.1, 0.15) is 11.6 Å². The van der Waals surface area contributed by atoms with Crippen molar-refractivity contribution in [2.45, 2.75) is 0 Å². The third-order valence-corrected chi connectivity index (χ3v) is 4.46. The molecule has 126 valence electrons. The maximum Gasteiger partial charge on any atom is 0.131 e. The van der Waals surface area contributed by atoms with Gasteiger partial charge in [-0.05, 0) is 23.8 Å². The summed E-state index contributed by atoms with van der Waals surface area (Å²) in [5.74, 6) is 2.03.